The van der Waals surface area contributed by atoms with Gasteiger partial charge in [0, 0.05) is 25.1 Å². The van der Waals surface area contributed by atoms with E-state index >= 15 is 0 Å². The summed E-state index contributed by atoms with van der Waals surface area (Å²) >= 11 is 0. The van der Waals surface area contributed by atoms with Crippen molar-refractivity contribution < 1.29 is 19.8 Å². The number of amidine groups is 1. The van der Waals surface area contributed by atoms with E-state index in [-0.39, 0.29) is 17.7 Å². The molecule has 1 aliphatic rings. The Morgan fingerprint density at radius 2 is 2.16 bits per heavy atom. The SMILES string of the molecule is CCOC(=O)C[C@H]1CCCN(C[C@H](O)c2ccc(/C(N)=N/O)cc2)C1. The summed E-state index contributed by atoms with van der Waals surface area (Å²) in [4.78, 5) is 13.8. The van der Waals surface area contributed by atoms with Crippen LogP contribution in [-0.2, 0) is 9.53 Å². The van der Waals surface area contributed by atoms with Gasteiger partial charge in [-0.1, -0.05) is 29.4 Å². The summed E-state index contributed by atoms with van der Waals surface area (Å²) in [6.07, 6.45) is 1.84. The van der Waals surface area contributed by atoms with Gasteiger partial charge in [-0.2, -0.15) is 0 Å². The first-order chi connectivity index (χ1) is 12.0. The molecule has 0 unspecified atom stereocenters. The van der Waals surface area contributed by atoms with Gasteiger partial charge >= 0.3 is 5.97 Å². The van der Waals surface area contributed by atoms with E-state index in [1.807, 2.05) is 6.92 Å². The summed E-state index contributed by atoms with van der Waals surface area (Å²) in [7, 11) is 0. The fourth-order valence-electron chi connectivity index (χ4n) is 3.22. The third-order valence-electron chi connectivity index (χ3n) is 4.49. The molecule has 0 aliphatic carbocycles. The molecular weight excluding hydrogens is 322 g/mol. The Kier molecular flexibility index (Phi) is 7.21. The van der Waals surface area contributed by atoms with Gasteiger partial charge in [-0.15, -0.1) is 0 Å². The highest BCUT2D eigenvalue weighted by Crippen LogP contribution is 2.23. The molecule has 1 heterocycles. The smallest absolute Gasteiger partial charge is 0.306 e. The molecule has 0 aromatic heterocycles. The Hall–Kier alpha value is -2.12. The molecule has 25 heavy (non-hydrogen) atoms. The maximum Gasteiger partial charge on any atom is 0.306 e. The van der Waals surface area contributed by atoms with Crippen molar-refractivity contribution in [1.29, 1.82) is 0 Å². The van der Waals surface area contributed by atoms with Crippen LogP contribution in [-0.4, -0.2) is 53.3 Å². The van der Waals surface area contributed by atoms with Crippen molar-refractivity contribution in [2.45, 2.75) is 32.3 Å². The average Bonchev–Trinajstić information content (AvgIpc) is 2.61. The van der Waals surface area contributed by atoms with Crippen LogP contribution in [0.3, 0.4) is 0 Å². The number of aliphatic hydroxyl groups excluding tert-OH is 1. The van der Waals surface area contributed by atoms with Crippen LogP contribution in [0.25, 0.3) is 0 Å². The molecule has 0 bridgehead atoms. The van der Waals surface area contributed by atoms with E-state index in [4.69, 9.17) is 15.7 Å². The second kappa shape index (κ2) is 9.39. The molecular formula is C18H27N3O4. The van der Waals surface area contributed by atoms with E-state index in [2.05, 4.69) is 10.1 Å². The first-order valence-corrected chi connectivity index (χ1v) is 8.67. The largest absolute Gasteiger partial charge is 0.466 e. The van der Waals surface area contributed by atoms with Crippen LogP contribution in [0.15, 0.2) is 29.4 Å². The summed E-state index contributed by atoms with van der Waals surface area (Å²) in [5.74, 6) is 0.176. The lowest BCUT2D eigenvalue weighted by atomic mass is 9.94. The lowest BCUT2D eigenvalue weighted by Crippen LogP contribution is -2.38. The number of ether oxygens (including phenoxy) is 1. The number of carbonyl (C=O) groups is 1. The zero-order valence-corrected chi connectivity index (χ0v) is 14.6. The molecule has 138 valence electrons. The van der Waals surface area contributed by atoms with Crippen LogP contribution < -0.4 is 5.73 Å². The number of nitrogens with two attached hydrogens (primary N) is 1. The number of hydrogen-bond acceptors (Lipinski definition) is 6. The zero-order valence-electron chi connectivity index (χ0n) is 14.6. The number of rotatable bonds is 7. The number of oxime groups is 1. The number of carbonyl (C=O) groups excluding carboxylic acids is 1. The zero-order chi connectivity index (χ0) is 18.2. The van der Waals surface area contributed by atoms with E-state index in [1.54, 1.807) is 24.3 Å². The number of aliphatic hydroxyl groups is 1. The average molecular weight is 349 g/mol. The lowest BCUT2D eigenvalue weighted by molar-refractivity contribution is -0.144. The third-order valence-corrected chi connectivity index (χ3v) is 4.49. The number of esters is 1. The van der Waals surface area contributed by atoms with Gasteiger partial charge in [0.05, 0.1) is 12.7 Å². The van der Waals surface area contributed by atoms with Crippen LogP contribution in [0.1, 0.15) is 43.4 Å². The highest BCUT2D eigenvalue weighted by molar-refractivity contribution is 5.96. The molecule has 0 radical (unpaired) electrons. The first-order valence-electron chi connectivity index (χ1n) is 8.67. The molecule has 1 aromatic rings. The molecule has 1 fully saturated rings. The third kappa shape index (κ3) is 5.72. The number of β-amino-alcohol motifs (C(OH)–C–C–N with tert-alkyl or cyclic N) is 1. The van der Waals surface area contributed by atoms with Crippen molar-refractivity contribution in [3.8, 4) is 0 Å². The summed E-state index contributed by atoms with van der Waals surface area (Å²) in [6.45, 7) is 4.45. The van der Waals surface area contributed by atoms with E-state index < -0.39 is 6.10 Å². The maximum atomic E-state index is 11.6. The standard InChI is InChI=1S/C18H27N3O4/c1-2-25-17(23)10-13-4-3-9-21(11-13)12-16(22)14-5-7-15(8-6-14)18(19)20-24/h5-8,13,16,22,24H,2-4,9-12H2,1H3,(H2,19,20)/t13-,16+/m1/s1. The number of benzene rings is 1. The van der Waals surface area contributed by atoms with Crippen LogP contribution >= 0.6 is 0 Å². The molecule has 2 rings (SSSR count). The number of piperidine rings is 1. The summed E-state index contributed by atoms with van der Waals surface area (Å²) in [5.41, 5.74) is 6.92. The molecule has 7 heteroatoms. The van der Waals surface area contributed by atoms with Gasteiger partial charge in [-0.3, -0.25) is 4.79 Å². The molecule has 2 atom stereocenters. The lowest BCUT2D eigenvalue weighted by Gasteiger charge is -2.33. The summed E-state index contributed by atoms with van der Waals surface area (Å²) in [6, 6.07) is 6.98. The molecule has 1 saturated heterocycles. The van der Waals surface area contributed by atoms with Gasteiger partial charge in [-0.25, -0.2) is 0 Å². The van der Waals surface area contributed by atoms with E-state index in [0.29, 0.717) is 25.1 Å². The molecule has 1 aliphatic heterocycles. The van der Waals surface area contributed by atoms with Gasteiger partial charge < -0.3 is 25.7 Å². The van der Waals surface area contributed by atoms with Gasteiger partial charge in [0.2, 0.25) is 0 Å². The predicted octanol–water partition coefficient (Wildman–Crippen LogP) is 1.48. The molecule has 0 amide bonds. The van der Waals surface area contributed by atoms with Crippen molar-refractivity contribution in [2.24, 2.45) is 16.8 Å². The minimum Gasteiger partial charge on any atom is -0.466 e. The topological polar surface area (TPSA) is 108 Å². The van der Waals surface area contributed by atoms with Crippen LogP contribution in [0, 0.1) is 5.92 Å². The molecule has 0 saturated carbocycles. The second-order valence-corrected chi connectivity index (χ2v) is 6.40. The monoisotopic (exact) mass is 349 g/mol. The van der Waals surface area contributed by atoms with Crippen molar-refractivity contribution in [1.82, 2.24) is 4.90 Å². The highest BCUT2D eigenvalue weighted by Gasteiger charge is 2.24. The van der Waals surface area contributed by atoms with Crippen LogP contribution in [0.2, 0.25) is 0 Å². The Bertz CT molecular complexity index is 588. The van der Waals surface area contributed by atoms with Gasteiger partial charge in [0.25, 0.3) is 0 Å². The van der Waals surface area contributed by atoms with Crippen LogP contribution in [0.5, 0.6) is 0 Å². The number of hydrogen-bond donors (Lipinski definition) is 3. The van der Waals surface area contributed by atoms with Crippen molar-refractivity contribution >= 4 is 11.8 Å². The molecule has 7 nitrogen and oxygen atoms in total. The highest BCUT2D eigenvalue weighted by atomic mass is 16.5. The van der Waals surface area contributed by atoms with Gasteiger partial charge in [0.15, 0.2) is 5.84 Å². The van der Waals surface area contributed by atoms with Gasteiger partial charge in [0.1, 0.15) is 0 Å². The molecule has 1 aromatic carbocycles. The normalized spacial score (nSPS) is 20.2. The molecule has 4 N–H and O–H groups in total. The maximum absolute atomic E-state index is 11.6. The summed E-state index contributed by atoms with van der Waals surface area (Å²) < 4.78 is 5.03. The van der Waals surface area contributed by atoms with Crippen molar-refractivity contribution in [2.75, 3.05) is 26.2 Å². The molecule has 0 spiro atoms. The van der Waals surface area contributed by atoms with Crippen molar-refractivity contribution in [3.05, 3.63) is 35.4 Å². The van der Waals surface area contributed by atoms with Gasteiger partial charge in [-0.05, 0) is 37.8 Å². The quantitative estimate of drug-likeness (QED) is 0.226. The van der Waals surface area contributed by atoms with E-state index in [0.717, 1.165) is 31.5 Å². The van der Waals surface area contributed by atoms with Crippen molar-refractivity contribution in [3.63, 3.8) is 0 Å². The fraction of sp³-hybridized carbons (Fsp3) is 0.556. The Balaban J connectivity index is 1.89. The minimum absolute atomic E-state index is 0.0406. The first kappa shape index (κ1) is 19.2. The Morgan fingerprint density at radius 1 is 1.44 bits per heavy atom. The Labute approximate surface area is 148 Å². The fourth-order valence-corrected chi connectivity index (χ4v) is 3.22. The van der Waals surface area contributed by atoms with Crippen LogP contribution in [0.4, 0.5) is 0 Å². The minimum atomic E-state index is -0.623. The second-order valence-electron chi connectivity index (χ2n) is 6.40. The summed E-state index contributed by atoms with van der Waals surface area (Å²) in [5, 5.41) is 22.1. The number of likely N-dealkylation sites (tertiary alicyclic amines) is 1. The van der Waals surface area contributed by atoms with E-state index in [9.17, 15) is 9.90 Å². The number of nitrogens with zero attached hydrogens (tertiary/aromatic N) is 2. The van der Waals surface area contributed by atoms with E-state index in [1.165, 1.54) is 0 Å². The predicted molar refractivity (Wildman–Crippen MR) is 94.3 cm³/mol. The Morgan fingerprint density at radius 3 is 2.80 bits per heavy atom.